The molecule has 0 saturated carbocycles. The van der Waals surface area contributed by atoms with Crippen molar-refractivity contribution in [1.29, 1.82) is 0 Å². The van der Waals surface area contributed by atoms with Crippen LogP contribution in [0.1, 0.15) is 17.9 Å². The van der Waals surface area contributed by atoms with Crippen LogP contribution in [-0.4, -0.2) is 32.1 Å². The van der Waals surface area contributed by atoms with Gasteiger partial charge < -0.3 is 15.4 Å². The Hall–Kier alpha value is -1.22. The van der Waals surface area contributed by atoms with Crippen LogP contribution in [0.5, 0.6) is 5.75 Å². The summed E-state index contributed by atoms with van der Waals surface area (Å²) in [5.41, 5.74) is 8.06. The summed E-state index contributed by atoms with van der Waals surface area (Å²) in [7, 11) is 4.18. The standard InChI is InChI=1S/C12H18N2O/c1-14(2)8-9-6-7-15-11-5-3-4-10(13)12(9)11/h3-5,9H,6-8,13H2,1-2H3. The number of hydrogen-bond donors (Lipinski definition) is 1. The highest BCUT2D eigenvalue weighted by Crippen LogP contribution is 2.37. The second-order valence-corrected chi connectivity index (χ2v) is 4.36. The van der Waals surface area contributed by atoms with Gasteiger partial charge in [-0.3, -0.25) is 0 Å². The molecule has 1 unspecified atom stereocenters. The summed E-state index contributed by atoms with van der Waals surface area (Å²) in [4.78, 5) is 2.20. The van der Waals surface area contributed by atoms with E-state index in [1.54, 1.807) is 0 Å². The number of anilines is 1. The van der Waals surface area contributed by atoms with E-state index in [9.17, 15) is 0 Å². The molecule has 82 valence electrons. The largest absolute Gasteiger partial charge is 0.493 e. The first kappa shape index (κ1) is 10.3. The van der Waals surface area contributed by atoms with E-state index in [2.05, 4.69) is 19.0 Å². The third kappa shape index (κ3) is 2.07. The van der Waals surface area contributed by atoms with E-state index in [0.29, 0.717) is 5.92 Å². The van der Waals surface area contributed by atoms with Crippen LogP contribution in [0.25, 0.3) is 0 Å². The topological polar surface area (TPSA) is 38.5 Å². The summed E-state index contributed by atoms with van der Waals surface area (Å²) in [5.74, 6) is 1.47. The maximum absolute atomic E-state index is 6.01. The predicted molar refractivity (Wildman–Crippen MR) is 62.3 cm³/mol. The second-order valence-electron chi connectivity index (χ2n) is 4.36. The molecule has 15 heavy (non-hydrogen) atoms. The van der Waals surface area contributed by atoms with Crippen LogP contribution >= 0.6 is 0 Å². The zero-order valence-corrected chi connectivity index (χ0v) is 9.36. The molecule has 3 heteroatoms. The lowest BCUT2D eigenvalue weighted by molar-refractivity contribution is 0.245. The number of nitrogens with zero attached hydrogens (tertiary/aromatic N) is 1. The highest BCUT2D eigenvalue weighted by atomic mass is 16.5. The normalized spacial score (nSPS) is 19.8. The molecule has 2 rings (SSSR count). The Morgan fingerprint density at radius 3 is 3.00 bits per heavy atom. The Kier molecular flexibility index (Phi) is 2.82. The van der Waals surface area contributed by atoms with Crippen molar-refractivity contribution in [2.24, 2.45) is 0 Å². The van der Waals surface area contributed by atoms with Crippen molar-refractivity contribution in [3.63, 3.8) is 0 Å². The average Bonchev–Trinajstić information content (AvgIpc) is 2.17. The summed E-state index contributed by atoms with van der Waals surface area (Å²) in [6.45, 7) is 1.83. The number of rotatable bonds is 2. The molecule has 0 saturated heterocycles. The van der Waals surface area contributed by atoms with Crippen LogP contribution in [0.15, 0.2) is 18.2 Å². The second kappa shape index (κ2) is 4.11. The van der Waals surface area contributed by atoms with Crippen molar-refractivity contribution in [3.05, 3.63) is 23.8 Å². The number of benzene rings is 1. The zero-order chi connectivity index (χ0) is 10.8. The summed E-state index contributed by atoms with van der Waals surface area (Å²) >= 11 is 0. The monoisotopic (exact) mass is 206 g/mol. The molecule has 0 spiro atoms. The zero-order valence-electron chi connectivity index (χ0n) is 9.36. The van der Waals surface area contributed by atoms with Crippen molar-refractivity contribution in [1.82, 2.24) is 4.90 Å². The fourth-order valence-corrected chi connectivity index (χ4v) is 2.20. The van der Waals surface area contributed by atoms with Crippen LogP contribution in [0, 0.1) is 0 Å². The van der Waals surface area contributed by atoms with E-state index < -0.39 is 0 Å². The number of hydrogen-bond acceptors (Lipinski definition) is 3. The molecule has 0 bridgehead atoms. The third-order valence-electron chi connectivity index (χ3n) is 2.82. The highest BCUT2D eigenvalue weighted by molar-refractivity contribution is 5.57. The van der Waals surface area contributed by atoms with Gasteiger partial charge in [0, 0.05) is 23.7 Å². The molecule has 0 amide bonds. The molecule has 1 heterocycles. The lowest BCUT2D eigenvalue weighted by atomic mass is 9.91. The van der Waals surface area contributed by atoms with Gasteiger partial charge in [-0.25, -0.2) is 0 Å². The molecule has 2 N–H and O–H groups in total. The van der Waals surface area contributed by atoms with E-state index >= 15 is 0 Å². The van der Waals surface area contributed by atoms with Gasteiger partial charge in [0.2, 0.25) is 0 Å². The number of nitrogens with two attached hydrogens (primary N) is 1. The Balaban J connectivity index is 2.32. The van der Waals surface area contributed by atoms with Crippen LogP contribution < -0.4 is 10.5 Å². The molecule has 1 aliphatic rings. The number of nitrogen functional groups attached to an aromatic ring is 1. The van der Waals surface area contributed by atoms with Gasteiger partial charge in [0.15, 0.2) is 0 Å². The van der Waals surface area contributed by atoms with Crippen molar-refractivity contribution in [3.8, 4) is 5.75 Å². The molecule has 0 aromatic heterocycles. The molecule has 3 nitrogen and oxygen atoms in total. The van der Waals surface area contributed by atoms with Crippen LogP contribution in [0.4, 0.5) is 5.69 Å². The van der Waals surface area contributed by atoms with Crippen LogP contribution in [0.3, 0.4) is 0 Å². The Morgan fingerprint density at radius 2 is 2.27 bits per heavy atom. The maximum atomic E-state index is 6.01. The first-order chi connectivity index (χ1) is 7.18. The van der Waals surface area contributed by atoms with Crippen LogP contribution in [-0.2, 0) is 0 Å². The Morgan fingerprint density at radius 1 is 1.47 bits per heavy atom. The van der Waals surface area contributed by atoms with Gasteiger partial charge in [0.05, 0.1) is 6.61 Å². The van der Waals surface area contributed by atoms with Gasteiger partial charge in [-0.2, -0.15) is 0 Å². The SMILES string of the molecule is CN(C)CC1CCOc2cccc(N)c21. The lowest BCUT2D eigenvalue weighted by Gasteiger charge is -2.29. The average molecular weight is 206 g/mol. The van der Waals surface area contributed by atoms with E-state index in [0.717, 1.165) is 31.0 Å². The first-order valence-corrected chi connectivity index (χ1v) is 5.34. The van der Waals surface area contributed by atoms with Gasteiger partial charge in [0.25, 0.3) is 0 Å². The van der Waals surface area contributed by atoms with Crippen molar-refractivity contribution in [2.75, 3.05) is 33.0 Å². The fourth-order valence-electron chi connectivity index (χ4n) is 2.20. The minimum atomic E-state index is 0.505. The van der Waals surface area contributed by atoms with Gasteiger partial charge >= 0.3 is 0 Å². The molecule has 1 aliphatic heterocycles. The maximum Gasteiger partial charge on any atom is 0.124 e. The quantitative estimate of drug-likeness (QED) is 0.748. The third-order valence-corrected chi connectivity index (χ3v) is 2.82. The molecular weight excluding hydrogens is 188 g/mol. The van der Waals surface area contributed by atoms with Crippen LogP contribution in [0.2, 0.25) is 0 Å². The minimum absolute atomic E-state index is 0.505. The van der Waals surface area contributed by atoms with Crippen molar-refractivity contribution >= 4 is 5.69 Å². The highest BCUT2D eigenvalue weighted by Gasteiger charge is 2.23. The molecule has 1 aromatic carbocycles. The fraction of sp³-hybridized carbons (Fsp3) is 0.500. The summed E-state index contributed by atoms with van der Waals surface area (Å²) in [5, 5.41) is 0. The molecule has 1 atom stereocenters. The van der Waals surface area contributed by atoms with E-state index in [4.69, 9.17) is 10.5 Å². The van der Waals surface area contributed by atoms with Crippen molar-refractivity contribution in [2.45, 2.75) is 12.3 Å². The van der Waals surface area contributed by atoms with E-state index in [1.807, 2.05) is 18.2 Å². The summed E-state index contributed by atoms with van der Waals surface area (Å²) in [6, 6.07) is 5.91. The molecule has 1 aromatic rings. The molecule has 0 aliphatic carbocycles. The number of ether oxygens (including phenoxy) is 1. The van der Waals surface area contributed by atoms with Crippen molar-refractivity contribution < 1.29 is 4.74 Å². The van der Waals surface area contributed by atoms with Gasteiger partial charge in [-0.15, -0.1) is 0 Å². The lowest BCUT2D eigenvalue weighted by Crippen LogP contribution is -2.25. The van der Waals surface area contributed by atoms with E-state index in [1.165, 1.54) is 5.56 Å². The van der Waals surface area contributed by atoms with Gasteiger partial charge in [-0.1, -0.05) is 6.07 Å². The van der Waals surface area contributed by atoms with Gasteiger partial charge in [-0.05, 0) is 32.6 Å². The number of likely N-dealkylation sites (N-methyl/N-ethyl adjacent to an activating group) is 1. The van der Waals surface area contributed by atoms with Gasteiger partial charge in [0.1, 0.15) is 5.75 Å². The number of fused-ring (bicyclic) bond motifs is 1. The Labute approximate surface area is 90.8 Å². The van der Waals surface area contributed by atoms with E-state index in [-0.39, 0.29) is 0 Å². The summed E-state index contributed by atoms with van der Waals surface area (Å²) < 4.78 is 5.62. The molecular formula is C12H18N2O. The smallest absolute Gasteiger partial charge is 0.124 e. The Bertz CT molecular complexity index is 349. The minimum Gasteiger partial charge on any atom is -0.493 e. The molecule has 0 radical (unpaired) electrons. The summed E-state index contributed by atoms with van der Waals surface area (Å²) in [6.07, 6.45) is 1.05. The predicted octanol–water partition coefficient (Wildman–Crippen LogP) is 1.70. The molecule has 0 fully saturated rings. The first-order valence-electron chi connectivity index (χ1n) is 5.34.